The third kappa shape index (κ3) is 3.33. The highest BCUT2D eigenvalue weighted by Crippen LogP contribution is 2.37. The molecule has 1 aliphatic heterocycles. The third-order valence-corrected chi connectivity index (χ3v) is 4.42. The van der Waals surface area contributed by atoms with Crippen molar-refractivity contribution in [2.45, 2.75) is 57.8 Å². The monoisotopic (exact) mass is 286 g/mol. The molecule has 1 aliphatic carbocycles. The van der Waals surface area contributed by atoms with E-state index in [1.54, 1.807) is 0 Å². The molecule has 2 aliphatic rings. The number of ether oxygens (including phenoxy) is 1. The molecular weight excluding hydrogens is 263 g/mol. The smallest absolute Gasteiger partial charge is 0.487 e. The van der Waals surface area contributed by atoms with Gasteiger partial charge in [-0.25, -0.2) is 0 Å². The van der Waals surface area contributed by atoms with Crippen LogP contribution in [-0.4, -0.2) is 24.4 Å². The predicted molar refractivity (Wildman–Crippen MR) is 85.2 cm³/mol. The van der Waals surface area contributed by atoms with Crippen molar-refractivity contribution in [3.63, 3.8) is 0 Å². The van der Waals surface area contributed by atoms with E-state index in [4.69, 9.17) is 14.0 Å². The van der Waals surface area contributed by atoms with Crippen molar-refractivity contribution in [3.05, 3.63) is 35.8 Å². The van der Waals surface area contributed by atoms with Gasteiger partial charge >= 0.3 is 7.12 Å². The van der Waals surface area contributed by atoms with Gasteiger partial charge in [0.25, 0.3) is 0 Å². The molecule has 0 spiro atoms. The van der Waals surface area contributed by atoms with E-state index in [1.165, 1.54) is 12.8 Å². The molecule has 3 rings (SSSR count). The molecule has 21 heavy (non-hydrogen) atoms. The maximum absolute atomic E-state index is 5.94. The van der Waals surface area contributed by atoms with Gasteiger partial charge < -0.3 is 14.0 Å². The van der Waals surface area contributed by atoms with Crippen LogP contribution in [0.4, 0.5) is 0 Å². The second-order valence-electron chi connectivity index (χ2n) is 6.87. The lowest BCUT2D eigenvalue weighted by atomic mass is 9.89. The maximum Gasteiger partial charge on any atom is 0.487 e. The van der Waals surface area contributed by atoms with Crippen molar-refractivity contribution in [1.82, 2.24) is 0 Å². The molecule has 112 valence electrons. The van der Waals surface area contributed by atoms with Crippen LogP contribution in [0, 0.1) is 0 Å². The highest BCUT2D eigenvalue weighted by molar-refractivity contribution is 6.52. The van der Waals surface area contributed by atoms with Crippen molar-refractivity contribution >= 4 is 13.2 Å². The van der Waals surface area contributed by atoms with Crippen LogP contribution in [0.3, 0.4) is 0 Å². The van der Waals surface area contributed by atoms with E-state index in [1.807, 2.05) is 24.2 Å². The molecule has 1 heterocycles. The second kappa shape index (κ2) is 5.18. The van der Waals surface area contributed by atoms with Crippen molar-refractivity contribution in [3.8, 4) is 5.75 Å². The Labute approximate surface area is 127 Å². The molecule has 4 heteroatoms. The van der Waals surface area contributed by atoms with Gasteiger partial charge in [0.2, 0.25) is 0 Å². The van der Waals surface area contributed by atoms with Crippen molar-refractivity contribution in [2.75, 3.05) is 0 Å². The summed E-state index contributed by atoms with van der Waals surface area (Å²) in [6, 6.07) is 8.14. The topological polar surface area (TPSA) is 27.7 Å². The fourth-order valence-corrected chi connectivity index (χ4v) is 2.19. The molecule has 0 bridgehead atoms. The van der Waals surface area contributed by atoms with E-state index >= 15 is 0 Å². The van der Waals surface area contributed by atoms with Gasteiger partial charge in [-0.3, -0.25) is 0 Å². The predicted octanol–water partition coefficient (Wildman–Crippen LogP) is 3.87. The van der Waals surface area contributed by atoms with Crippen LogP contribution in [-0.2, 0) is 9.31 Å². The quantitative estimate of drug-likeness (QED) is 0.786. The van der Waals surface area contributed by atoms with Crippen LogP contribution >= 0.6 is 0 Å². The Balaban J connectivity index is 1.61. The summed E-state index contributed by atoms with van der Waals surface area (Å²) in [7, 11) is -0.294. The molecule has 1 aromatic rings. The zero-order valence-electron chi connectivity index (χ0n) is 13.3. The number of benzene rings is 1. The highest BCUT2D eigenvalue weighted by atomic mass is 16.7. The Bertz CT molecular complexity index is 513. The maximum atomic E-state index is 5.94. The van der Waals surface area contributed by atoms with Crippen molar-refractivity contribution in [1.29, 1.82) is 0 Å². The number of hydrogen-bond donors (Lipinski definition) is 0. The summed E-state index contributed by atoms with van der Waals surface area (Å²) in [5, 5.41) is 0. The van der Waals surface area contributed by atoms with E-state index in [2.05, 4.69) is 39.8 Å². The van der Waals surface area contributed by atoms with E-state index in [0.29, 0.717) is 6.10 Å². The summed E-state index contributed by atoms with van der Waals surface area (Å²) >= 11 is 0. The van der Waals surface area contributed by atoms with E-state index < -0.39 is 0 Å². The van der Waals surface area contributed by atoms with Gasteiger partial charge in [-0.1, -0.05) is 24.2 Å². The lowest BCUT2D eigenvalue weighted by Crippen LogP contribution is -2.41. The van der Waals surface area contributed by atoms with E-state index in [0.717, 1.165) is 11.3 Å². The largest absolute Gasteiger partial charge is 0.490 e. The van der Waals surface area contributed by atoms with Crippen LogP contribution in [0.5, 0.6) is 5.75 Å². The minimum Gasteiger partial charge on any atom is -0.490 e. The first-order valence-corrected chi connectivity index (χ1v) is 7.66. The van der Waals surface area contributed by atoms with Crippen LogP contribution in [0.2, 0.25) is 0 Å². The second-order valence-corrected chi connectivity index (χ2v) is 6.87. The average Bonchev–Trinajstić information content (AvgIpc) is 3.17. The van der Waals surface area contributed by atoms with Gasteiger partial charge in [0.15, 0.2) is 0 Å². The summed E-state index contributed by atoms with van der Waals surface area (Å²) in [4.78, 5) is 0. The van der Waals surface area contributed by atoms with Gasteiger partial charge in [-0.05, 0) is 58.2 Å². The van der Waals surface area contributed by atoms with Gasteiger partial charge in [-0.15, -0.1) is 0 Å². The molecule has 0 unspecified atom stereocenters. The summed E-state index contributed by atoms with van der Waals surface area (Å²) in [6.45, 7) is 8.24. The minimum absolute atomic E-state index is 0.288. The normalized spacial score (nSPS) is 23.7. The minimum atomic E-state index is -0.294. The molecule has 2 fully saturated rings. The molecule has 0 aromatic heterocycles. The highest BCUT2D eigenvalue weighted by Gasteiger charge is 2.49. The van der Waals surface area contributed by atoms with Crippen LogP contribution in [0.1, 0.15) is 46.1 Å². The molecule has 1 saturated carbocycles. The Kier molecular flexibility index (Phi) is 3.62. The molecule has 0 amide bonds. The molecule has 1 saturated heterocycles. The lowest BCUT2D eigenvalue weighted by Gasteiger charge is -2.32. The number of rotatable bonds is 4. The van der Waals surface area contributed by atoms with Crippen molar-refractivity contribution in [2.24, 2.45) is 0 Å². The molecule has 1 aromatic carbocycles. The molecular formula is C17H23BO3. The SMILES string of the molecule is CC1(C)OB(C=Cc2ccc(OC3CC3)cc2)OC1(C)C. The molecule has 0 N–H and O–H groups in total. The third-order valence-electron chi connectivity index (χ3n) is 4.42. The molecule has 0 radical (unpaired) electrons. The number of hydrogen-bond acceptors (Lipinski definition) is 3. The standard InChI is InChI=1S/C17H23BO3/c1-16(2)17(3,4)21-18(20-16)12-11-13-5-7-14(8-6-13)19-15-9-10-15/h5-8,11-12,15H,9-10H2,1-4H3. The fraction of sp³-hybridized carbons (Fsp3) is 0.529. The zero-order chi connectivity index (χ0) is 15.1. The Morgan fingerprint density at radius 3 is 2.14 bits per heavy atom. The Morgan fingerprint density at radius 2 is 1.62 bits per heavy atom. The molecule has 3 nitrogen and oxygen atoms in total. The van der Waals surface area contributed by atoms with Crippen LogP contribution < -0.4 is 4.74 Å². The van der Waals surface area contributed by atoms with Crippen LogP contribution in [0.15, 0.2) is 30.2 Å². The summed E-state index contributed by atoms with van der Waals surface area (Å²) in [6.07, 6.45) is 4.84. The summed E-state index contributed by atoms with van der Waals surface area (Å²) in [5.41, 5.74) is 0.543. The lowest BCUT2D eigenvalue weighted by molar-refractivity contribution is 0.00578. The van der Waals surface area contributed by atoms with Crippen molar-refractivity contribution < 1.29 is 14.0 Å². The Morgan fingerprint density at radius 1 is 1.05 bits per heavy atom. The van der Waals surface area contributed by atoms with Crippen LogP contribution in [0.25, 0.3) is 6.08 Å². The van der Waals surface area contributed by atoms with Gasteiger partial charge in [-0.2, -0.15) is 0 Å². The van der Waals surface area contributed by atoms with E-state index in [9.17, 15) is 0 Å². The first-order chi connectivity index (χ1) is 9.86. The van der Waals surface area contributed by atoms with E-state index in [-0.39, 0.29) is 18.3 Å². The van der Waals surface area contributed by atoms with Gasteiger partial charge in [0.1, 0.15) is 5.75 Å². The zero-order valence-corrected chi connectivity index (χ0v) is 13.3. The Hall–Kier alpha value is -1.26. The average molecular weight is 286 g/mol. The first-order valence-electron chi connectivity index (χ1n) is 7.66. The fourth-order valence-electron chi connectivity index (χ4n) is 2.19. The van der Waals surface area contributed by atoms with Gasteiger partial charge in [0, 0.05) is 0 Å². The summed E-state index contributed by atoms with van der Waals surface area (Å²) < 4.78 is 17.6. The molecule has 0 atom stereocenters. The summed E-state index contributed by atoms with van der Waals surface area (Å²) in [5.74, 6) is 2.91. The van der Waals surface area contributed by atoms with Gasteiger partial charge in [0.05, 0.1) is 17.3 Å². The first kappa shape index (κ1) is 14.7.